The quantitative estimate of drug-likeness (QED) is 0.174. The van der Waals surface area contributed by atoms with E-state index in [1.807, 2.05) is 36.4 Å². The van der Waals surface area contributed by atoms with Crippen molar-refractivity contribution in [3.05, 3.63) is 187 Å². The minimum absolute atomic E-state index is 0.0258. The van der Waals surface area contributed by atoms with E-state index in [2.05, 4.69) is 183 Å². The molecular weight excluding hydrogens is 767 g/mol. The van der Waals surface area contributed by atoms with Gasteiger partial charge in [-0.05, 0) is 98.7 Å². The SMILES string of the molecule is CC1CC(C)(C)c2cccc(-c3cccc(-n4c5cc6ccccc6cc5c5cc6c7ccccc7n(-c7nc(-c8ccccc8)nc(-c8ccccc8)n7)c6cc54)c3)c2C1(C)C. The Morgan fingerprint density at radius 1 is 0.460 bits per heavy atom. The van der Waals surface area contributed by atoms with Gasteiger partial charge < -0.3 is 4.57 Å². The predicted molar refractivity (Wildman–Crippen MR) is 262 cm³/mol. The van der Waals surface area contributed by atoms with E-state index in [1.165, 1.54) is 55.7 Å². The molecule has 8 aromatic carbocycles. The van der Waals surface area contributed by atoms with E-state index in [0.29, 0.717) is 23.5 Å². The lowest BCUT2D eigenvalue weighted by atomic mass is 9.57. The molecule has 11 aromatic rings. The van der Waals surface area contributed by atoms with Crippen LogP contribution in [0.1, 0.15) is 52.2 Å². The molecule has 5 nitrogen and oxygen atoms in total. The average Bonchev–Trinajstić information content (AvgIpc) is 3.80. The van der Waals surface area contributed by atoms with Crippen LogP contribution in [0, 0.1) is 5.92 Å². The maximum atomic E-state index is 5.25. The summed E-state index contributed by atoms with van der Waals surface area (Å²) in [5.41, 5.74) is 13.0. The first-order valence-corrected chi connectivity index (χ1v) is 22.2. The summed E-state index contributed by atoms with van der Waals surface area (Å²) >= 11 is 0. The van der Waals surface area contributed by atoms with Gasteiger partial charge in [0.05, 0.1) is 22.1 Å². The molecule has 0 fully saturated rings. The zero-order valence-electron chi connectivity index (χ0n) is 36.3. The first-order chi connectivity index (χ1) is 30.6. The van der Waals surface area contributed by atoms with Gasteiger partial charge in [-0.3, -0.25) is 4.57 Å². The Morgan fingerprint density at radius 2 is 1.03 bits per heavy atom. The Labute approximate surface area is 367 Å². The number of para-hydroxylation sites is 1. The number of hydrogen-bond donors (Lipinski definition) is 0. The fraction of sp³-hybridized carbons (Fsp3) is 0.155. The van der Waals surface area contributed by atoms with Crippen LogP contribution in [0.15, 0.2) is 176 Å². The Morgan fingerprint density at radius 3 is 1.76 bits per heavy atom. The molecule has 0 aliphatic heterocycles. The molecule has 0 spiro atoms. The highest BCUT2D eigenvalue weighted by Crippen LogP contribution is 2.52. The van der Waals surface area contributed by atoms with Crippen LogP contribution >= 0.6 is 0 Å². The van der Waals surface area contributed by atoms with E-state index in [9.17, 15) is 0 Å². The lowest BCUT2D eigenvalue weighted by molar-refractivity contribution is 0.234. The molecular formula is C58H47N5. The summed E-state index contributed by atoms with van der Waals surface area (Å²) in [5.74, 6) is 2.39. The molecule has 3 aromatic heterocycles. The van der Waals surface area contributed by atoms with Gasteiger partial charge >= 0.3 is 0 Å². The standard InChI is InChI=1S/C58H47N5/c1-36-35-57(2,3)48-28-17-27-43(53(48)58(36,4)5)41-24-16-25-42(30-41)62-50-32-40-23-13-12-22-39(40)31-45(50)47-33-46-44-26-14-15-29-49(44)63(52(46)34-51(47)62)56-60-54(37-18-8-6-9-19-37)59-55(61-56)38-20-10-7-11-21-38/h6-34,36H,35H2,1-5H3. The lowest BCUT2D eigenvalue weighted by Gasteiger charge is -2.47. The monoisotopic (exact) mass is 813 g/mol. The third-order valence-electron chi connectivity index (χ3n) is 14.2. The van der Waals surface area contributed by atoms with E-state index in [-0.39, 0.29) is 10.8 Å². The van der Waals surface area contributed by atoms with Gasteiger partial charge in [0.25, 0.3) is 0 Å². The van der Waals surface area contributed by atoms with Crippen LogP contribution in [0.3, 0.4) is 0 Å². The normalized spacial score (nSPS) is 15.7. The number of hydrogen-bond acceptors (Lipinski definition) is 3. The molecule has 12 rings (SSSR count). The summed E-state index contributed by atoms with van der Waals surface area (Å²) in [6, 6.07) is 63.5. The summed E-state index contributed by atoms with van der Waals surface area (Å²) in [7, 11) is 0. The Kier molecular flexibility index (Phi) is 8.20. The van der Waals surface area contributed by atoms with Gasteiger partial charge in [-0.2, -0.15) is 9.97 Å². The molecule has 0 bridgehead atoms. The number of benzene rings is 8. The Balaban J connectivity index is 1.16. The van der Waals surface area contributed by atoms with E-state index in [4.69, 9.17) is 15.0 Å². The van der Waals surface area contributed by atoms with E-state index in [1.54, 1.807) is 0 Å². The zero-order valence-corrected chi connectivity index (χ0v) is 36.3. The number of rotatable bonds is 5. The van der Waals surface area contributed by atoms with Crippen LogP contribution in [0.25, 0.3) is 99.9 Å². The molecule has 63 heavy (non-hydrogen) atoms. The van der Waals surface area contributed by atoms with Crippen LogP contribution in [0.5, 0.6) is 0 Å². The van der Waals surface area contributed by atoms with Crippen LogP contribution in [-0.4, -0.2) is 24.1 Å². The second-order valence-corrected chi connectivity index (χ2v) is 18.8. The molecule has 1 aliphatic rings. The number of aromatic nitrogens is 5. The van der Waals surface area contributed by atoms with Gasteiger partial charge in [0.1, 0.15) is 0 Å². The molecule has 1 aliphatic carbocycles. The molecule has 0 radical (unpaired) electrons. The van der Waals surface area contributed by atoms with Crippen molar-refractivity contribution in [1.82, 2.24) is 24.1 Å². The summed E-state index contributed by atoms with van der Waals surface area (Å²) in [5, 5.41) is 7.16. The molecule has 304 valence electrons. The van der Waals surface area contributed by atoms with Crippen LogP contribution < -0.4 is 0 Å². The van der Waals surface area contributed by atoms with Gasteiger partial charge in [0.15, 0.2) is 11.6 Å². The largest absolute Gasteiger partial charge is 0.309 e. The highest BCUT2D eigenvalue weighted by Gasteiger charge is 2.43. The maximum absolute atomic E-state index is 5.25. The fourth-order valence-electron chi connectivity index (χ4n) is 10.8. The van der Waals surface area contributed by atoms with Crippen LogP contribution in [0.2, 0.25) is 0 Å². The Hall–Kier alpha value is -7.37. The van der Waals surface area contributed by atoms with E-state index in [0.717, 1.165) is 44.1 Å². The molecule has 1 unspecified atom stereocenters. The number of fused-ring (bicyclic) bond motifs is 8. The Bertz CT molecular complexity index is 3550. The molecule has 1 atom stereocenters. The zero-order chi connectivity index (χ0) is 42.6. The van der Waals surface area contributed by atoms with Crippen molar-refractivity contribution in [3.8, 4) is 45.5 Å². The van der Waals surface area contributed by atoms with Gasteiger partial charge in [0.2, 0.25) is 5.95 Å². The van der Waals surface area contributed by atoms with Crippen molar-refractivity contribution in [1.29, 1.82) is 0 Å². The summed E-state index contributed by atoms with van der Waals surface area (Å²) in [4.78, 5) is 15.6. The number of nitrogens with zero attached hydrogens (tertiary/aromatic N) is 5. The van der Waals surface area contributed by atoms with Gasteiger partial charge in [0, 0.05) is 38.4 Å². The third kappa shape index (κ3) is 5.79. The van der Waals surface area contributed by atoms with Gasteiger partial charge in [-0.15, -0.1) is 0 Å². The molecule has 0 amide bonds. The summed E-state index contributed by atoms with van der Waals surface area (Å²) in [6.45, 7) is 12.2. The van der Waals surface area contributed by atoms with Crippen molar-refractivity contribution in [3.63, 3.8) is 0 Å². The highest BCUT2D eigenvalue weighted by atomic mass is 15.2. The van der Waals surface area contributed by atoms with Gasteiger partial charge in [-0.1, -0.05) is 168 Å². The van der Waals surface area contributed by atoms with Crippen molar-refractivity contribution in [2.75, 3.05) is 0 Å². The van der Waals surface area contributed by atoms with Crippen LogP contribution in [-0.2, 0) is 10.8 Å². The van der Waals surface area contributed by atoms with Gasteiger partial charge in [-0.25, -0.2) is 4.98 Å². The van der Waals surface area contributed by atoms with E-state index < -0.39 is 0 Å². The smallest absolute Gasteiger partial charge is 0.238 e. The third-order valence-corrected chi connectivity index (χ3v) is 14.2. The van der Waals surface area contributed by atoms with Crippen molar-refractivity contribution in [2.24, 2.45) is 5.92 Å². The minimum Gasteiger partial charge on any atom is -0.309 e. The van der Waals surface area contributed by atoms with E-state index >= 15 is 0 Å². The molecule has 5 heteroatoms. The van der Waals surface area contributed by atoms with Crippen molar-refractivity contribution in [2.45, 2.75) is 51.9 Å². The molecule has 3 heterocycles. The van der Waals surface area contributed by atoms with Crippen molar-refractivity contribution >= 4 is 54.4 Å². The first-order valence-electron chi connectivity index (χ1n) is 22.2. The topological polar surface area (TPSA) is 48.5 Å². The predicted octanol–water partition coefficient (Wildman–Crippen LogP) is 14.8. The highest BCUT2D eigenvalue weighted by molar-refractivity contribution is 6.20. The average molecular weight is 814 g/mol. The lowest BCUT2D eigenvalue weighted by Crippen LogP contribution is -2.40. The second-order valence-electron chi connectivity index (χ2n) is 18.8. The second kappa shape index (κ2) is 13.8. The molecule has 0 N–H and O–H groups in total. The molecule has 0 saturated heterocycles. The maximum Gasteiger partial charge on any atom is 0.238 e. The fourth-order valence-corrected chi connectivity index (χ4v) is 10.8. The molecule has 0 saturated carbocycles. The minimum atomic E-state index is 0.0258. The first kappa shape index (κ1) is 37.4. The van der Waals surface area contributed by atoms with Crippen LogP contribution in [0.4, 0.5) is 0 Å². The van der Waals surface area contributed by atoms with Crippen molar-refractivity contribution < 1.29 is 0 Å². The summed E-state index contributed by atoms with van der Waals surface area (Å²) < 4.78 is 4.72. The summed E-state index contributed by atoms with van der Waals surface area (Å²) in [6.07, 6.45) is 1.17.